The van der Waals surface area contributed by atoms with Crippen LogP contribution in [0.5, 0.6) is 0 Å². The predicted molar refractivity (Wildman–Crippen MR) is 82.9 cm³/mol. The van der Waals surface area contributed by atoms with Crippen LogP contribution in [0.4, 0.5) is 5.69 Å². The standard InChI is InChI=1S/C16H24N2O3/c1-12-4-5-14(10-15(12)16(20)21-3)18-8-6-17(7-9-18)11-13(2)19/h4-5,10,13,19H,6-9,11H2,1-3H3. The average Bonchev–Trinajstić information content (AvgIpc) is 2.47. The molecule has 0 aromatic heterocycles. The van der Waals surface area contributed by atoms with Crippen molar-refractivity contribution < 1.29 is 14.6 Å². The van der Waals surface area contributed by atoms with E-state index in [0.29, 0.717) is 5.56 Å². The number of aliphatic hydroxyl groups is 1. The van der Waals surface area contributed by atoms with Crippen molar-refractivity contribution in [2.75, 3.05) is 44.7 Å². The van der Waals surface area contributed by atoms with Gasteiger partial charge in [-0.25, -0.2) is 4.79 Å². The van der Waals surface area contributed by atoms with Crippen LogP contribution in [0.1, 0.15) is 22.8 Å². The van der Waals surface area contributed by atoms with E-state index in [1.165, 1.54) is 7.11 Å². The van der Waals surface area contributed by atoms with Crippen LogP contribution in [0.3, 0.4) is 0 Å². The van der Waals surface area contributed by atoms with Gasteiger partial charge in [0.15, 0.2) is 0 Å². The van der Waals surface area contributed by atoms with Gasteiger partial charge in [0.1, 0.15) is 0 Å². The molecular formula is C16H24N2O3. The minimum Gasteiger partial charge on any atom is -0.465 e. The second-order valence-corrected chi connectivity index (χ2v) is 5.63. The highest BCUT2D eigenvalue weighted by atomic mass is 16.5. The third kappa shape index (κ3) is 3.95. The van der Waals surface area contributed by atoms with Gasteiger partial charge in [-0.05, 0) is 31.5 Å². The Bertz CT molecular complexity index is 494. The largest absolute Gasteiger partial charge is 0.465 e. The van der Waals surface area contributed by atoms with Crippen LogP contribution in [0.2, 0.25) is 0 Å². The van der Waals surface area contributed by atoms with Crippen molar-refractivity contribution in [3.05, 3.63) is 29.3 Å². The van der Waals surface area contributed by atoms with Crippen molar-refractivity contribution in [2.24, 2.45) is 0 Å². The summed E-state index contributed by atoms with van der Waals surface area (Å²) in [6, 6.07) is 5.92. The smallest absolute Gasteiger partial charge is 0.338 e. The maximum Gasteiger partial charge on any atom is 0.338 e. The first-order chi connectivity index (χ1) is 10.0. The average molecular weight is 292 g/mol. The van der Waals surface area contributed by atoms with Gasteiger partial charge in [-0.1, -0.05) is 6.07 Å². The van der Waals surface area contributed by atoms with Crippen molar-refractivity contribution >= 4 is 11.7 Å². The molecule has 0 radical (unpaired) electrons. The maximum absolute atomic E-state index is 11.8. The molecule has 1 atom stereocenters. The molecule has 1 unspecified atom stereocenters. The summed E-state index contributed by atoms with van der Waals surface area (Å²) in [4.78, 5) is 16.3. The van der Waals surface area contributed by atoms with E-state index >= 15 is 0 Å². The molecule has 1 heterocycles. The SMILES string of the molecule is COC(=O)c1cc(N2CCN(CC(C)O)CC2)ccc1C. The summed E-state index contributed by atoms with van der Waals surface area (Å²) in [5, 5.41) is 9.44. The number of aryl methyl sites for hydroxylation is 1. The van der Waals surface area contributed by atoms with Gasteiger partial charge >= 0.3 is 5.97 Å². The lowest BCUT2D eigenvalue weighted by molar-refractivity contribution is 0.0600. The maximum atomic E-state index is 11.8. The normalized spacial score (nSPS) is 17.6. The Morgan fingerprint density at radius 1 is 1.33 bits per heavy atom. The van der Waals surface area contributed by atoms with Crippen molar-refractivity contribution in [3.63, 3.8) is 0 Å². The molecule has 1 saturated heterocycles. The first-order valence-electron chi connectivity index (χ1n) is 7.35. The van der Waals surface area contributed by atoms with Gasteiger partial charge in [-0.2, -0.15) is 0 Å². The summed E-state index contributed by atoms with van der Waals surface area (Å²) in [5.74, 6) is -0.290. The lowest BCUT2D eigenvalue weighted by atomic mass is 10.1. The molecule has 2 rings (SSSR count). The van der Waals surface area contributed by atoms with Gasteiger partial charge < -0.3 is 14.7 Å². The van der Waals surface area contributed by atoms with E-state index in [1.807, 2.05) is 32.0 Å². The quantitative estimate of drug-likeness (QED) is 0.847. The molecule has 21 heavy (non-hydrogen) atoms. The second-order valence-electron chi connectivity index (χ2n) is 5.63. The first-order valence-corrected chi connectivity index (χ1v) is 7.35. The summed E-state index contributed by atoms with van der Waals surface area (Å²) >= 11 is 0. The molecule has 116 valence electrons. The molecule has 5 heteroatoms. The summed E-state index contributed by atoms with van der Waals surface area (Å²) < 4.78 is 4.83. The Morgan fingerprint density at radius 3 is 2.57 bits per heavy atom. The lowest BCUT2D eigenvalue weighted by Crippen LogP contribution is -2.48. The highest BCUT2D eigenvalue weighted by Crippen LogP contribution is 2.21. The zero-order chi connectivity index (χ0) is 15.4. The summed E-state index contributed by atoms with van der Waals surface area (Å²) in [7, 11) is 1.41. The van der Waals surface area contributed by atoms with E-state index in [-0.39, 0.29) is 12.1 Å². The molecule has 1 aromatic carbocycles. The van der Waals surface area contributed by atoms with E-state index in [1.54, 1.807) is 0 Å². The number of carbonyl (C=O) groups excluding carboxylic acids is 1. The molecule has 1 N–H and O–H groups in total. The Balaban J connectivity index is 2.05. The van der Waals surface area contributed by atoms with Gasteiger partial charge in [-0.3, -0.25) is 4.90 Å². The highest BCUT2D eigenvalue weighted by molar-refractivity contribution is 5.92. The number of nitrogens with zero attached hydrogens (tertiary/aromatic N) is 2. The highest BCUT2D eigenvalue weighted by Gasteiger charge is 2.19. The van der Waals surface area contributed by atoms with Crippen molar-refractivity contribution in [1.82, 2.24) is 4.90 Å². The third-order valence-corrected chi connectivity index (χ3v) is 3.89. The second kappa shape index (κ2) is 6.91. The molecule has 5 nitrogen and oxygen atoms in total. The van der Waals surface area contributed by atoms with Gasteiger partial charge in [0, 0.05) is 38.4 Å². The molecule has 0 amide bonds. The van der Waals surface area contributed by atoms with Crippen molar-refractivity contribution in [3.8, 4) is 0 Å². The van der Waals surface area contributed by atoms with Crippen LogP contribution in [0, 0.1) is 6.92 Å². The molecule has 1 aromatic rings. The zero-order valence-corrected chi connectivity index (χ0v) is 13.0. The topological polar surface area (TPSA) is 53.0 Å². The van der Waals surface area contributed by atoms with E-state index in [0.717, 1.165) is 44.0 Å². The third-order valence-electron chi connectivity index (χ3n) is 3.89. The number of benzene rings is 1. The van der Waals surface area contributed by atoms with Crippen molar-refractivity contribution in [1.29, 1.82) is 0 Å². The van der Waals surface area contributed by atoms with Crippen LogP contribution in [-0.4, -0.2) is 61.9 Å². The number of β-amino-alcohol motifs (C(OH)–C–C–N with tert-alkyl or cyclic N) is 1. The van der Waals surface area contributed by atoms with Crippen LogP contribution in [0.25, 0.3) is 0 Å². The number of methoxy groups -OCH3 is 1. The number of piperazine rings is 1. The lowest BCUT2D eigenvalue weighted by Gasteiger charge is -2.36. The summed E-state index contributed by atoms with van der Waals surface area (Å²) in [5.41, 5.74) is 2.61. The van der Waals surface area contributed by atoms with Crippen LogP contribution >= 0.6 is 0 Å². The molecule has 0 bridgehead atoms. The van der Waals surface area contributed by atoms with Gasteiger partial charge in [0.2, 0.25) is 0 Å². The molecule has 1 fully saturated rings. The number of carbonyl (C=O) groups is 1. The number of hydrogen-bond donors (Lipinski definition) is 1. The molecule has 1 aliphatic rings. The van der Waals surface area contributed by atoms with Crippen LogP contribution < -0.4 is 4.90 Å². The number of aliphatic hydroxyl groups excluding tert-OH is 1. The van der Waals surface area contributed by atoms with Crippen molar-refractivity contribution in [2.45, 2.75) is 20.0 Å². The molecule has 0 aliphatic carbocycles. The van der Waals surface area contributed by atoms with E-state index in [4.69, 9.17) is 4.74 Å². The predicted octanol–water partition coefficient (Wildman–Crippen LogP) is 1.28. The molecule has 0 saturated carbocycles. The zero-order valence-electron chi connectivity index (χ0n) is 13.0. The van der Waals surface area contributed by atoms with E-state index < -0.39 is 0 Å². The minimum absolute atomic E-state index is 0.290. The minimum atomic E-state index is -0.290. The van der Waals surface area contributed by atoms with Gasteiger partial charge in [0.05, 0.1) is 18.8 Å². The first kappa shape index (κ1) is 15.8. The monoisotopic (exact) mass is 292 g/mol. The van der Waals surface area contributed by atoms with Gasteiger partial charge in [-0.15, -0.1) is 0 Å². The van der Waals surface area contributed by atoms with Crippen LogP contribution in [-0.2, 0) is 4.74 Å². The number of rotatable bonds is 4. The Hall–Kier alpha value is -1.59. The van der Waals surface area contributed by atoms with Crippen LogP contribution in [0.15, 0.2) is 18.2 Å². The fourth-order valence-corrected chi connectivity index (χ4v) is 2.70. The summed E-state index contributed by atoms with van der Waals surface area (Å²) in [6.07, 6.45) is -0.290. The Labute approximate surface area is 126 Å². The Morgan fingerprint density at radius 2 is 2.00 bits per heavy atom. The number of hydrogen-bond acceptors (Lipinski definition) is 5. The molecular weight excluding hydrogens is 268 g/mol. The van der Waals surface area contributed by atoms with Gasteiger partial charge in [0.25, 0.3) is 0 Å². The summed E-state index contributed by atoms with van der Waals surface area (Å²) in [6.45, 7) is 8.09. The molecule has 0 spiro atoms. The Kier molecular flexibility index (Phi) is 5.20. The van der Waals surface area contributed by atoms with E-state index in [9.17, 15) is 9.90 Å². The fraction of sp³-hybridized carbons (Fsp3) is 0.562. The van der Waals surface area contributed by atoms with E-state index in [2.05, 4.69) is 9.80 Å². The fourth-order valence-electron chi connectivity index (χ4n) is 2.70. The number of esters is 1. The number of ether oxygens (including phenoxy) is 1. The number of anilines is 1. The molecule has 1 aliphatic heterocycles.